The van der Waals surface area contributed by atoms with Crippen molar-refractivity contribution in [1.29, 1.82) is 0 Å². The van der Waals surface area contributed by atoms with E-state index in [1.165, 1.54) is 36.9 Å². The zero-order valence-electron chi connectivity index (χ0n) is 13.1. The van der Waals surface area contributed by atoms with Gasteiger partial charge in [-0.2, -0.15) is 0 Å². The maximum atomic E-state index is 11.9. The molecule has 24 heavy (non-hydrogen) atoms. The Balaban J connectivity index is 1.87. The molecular formula is C15H16N2O5S2. The Hall–Kier alpha value is -2.39. The lowest BCUT2D eigenvalue weighted by atomic mass is 10.2. The molecule has 0 saturated carbocycles. The number of esters is 2. The molecule has 0 bridgehead atoms. The van der Waals surface area contributed by atoms with E-state index < -0.39 is 18.0 Å². The van der Waals surface area contributed by atoms with Gasteiger partial charge in [-0.25, -0.2) is 14.4 Å². The van der Waals surface area contributed by atoms with Crippen LogP contribution in [0.3, 0.4) is 0 Å². The zero-order valence-corrected chi connectivity index (χ0v) is 14.7. The maximum absolute atomic E-state index is 11.9. The first-order chi connectivity index (χ1) is 11.6. The molecule has 2 heterocycles. The highest BCUT2D eigenvalue weighted by molar-refractivity contribution is 7.10. The fraction of sp³-hybridized carbons (Fsp3) is 0.267. The smallest absolute Gasteiger partial charge is 0.339 e. The van der Waals surface area contributed by atoms with Crippen LogP contribution in [-0.2, 0) is 22.6 Å². The lowest BCUT2D eigenvalue weighted by Gasteiger charge is -2.08. The standard InChI is InChI=1S/C15H16N2O5S2/c1-21-13(18)9-3-5-23-11(9)7-16-15(20)17-8-12-10(4-6-24-12)14(19)22-2/h3-6H,7-8H2,1-2H3,(H2,16,17,20). The van der Waals surface area contributed by atoms with E-state index in [1.54, 1.807) is 22.9 Å². The molecule has 2 amide bonds. The Morgan fingerprint density at radius 3 is 1.67 bits per heavy atom. The maximum Gasteiger partial charge on any atom is 0.339 e. The van der Waals surface area contributed by atoms with E-state index in [0.29, 0.717) is 20.9 Å². The molecule has 128 valence electrons. The molecule has 0 saturated heterocycles. The van der Waals surface area contributed by atoms with Gasteiger partial charge in [-0.15, -0.1) is 22.7 Å². The number of hydrogen-bond acceptors (Lipinski definition) is 7. The second-order valence-corrected chi connectivity index (χ2v) is 6.54. The summed E-state index contributed by atoms with van der Waals surface area (Å²) in [6.45, 7) is 0.421. The SMILES string of the molecule is COC(=O)c1ccsc1CNC(=O)NCc1sccc1C(=O)OC. The molecule has 0 fully saturated rings. The molecule has 2 N–H and O–H groups in total. The van der Waals surface area contributed by atoms with E-state index in [0.717, 1.165) is 0 Å². The Kier molecular flexibility index (Phi) is 6.33. The zero-order chi connectivity index (χ0) is 17.5. The first kappa shape index (κ1) is 18.0. The van der Waals surface area contributed by atoms with Crippen molar-refractivity contribution in [2.24, 2.45) is 0 Å². The van der Waals surface area contributed by atoms with Gasteiger partial charge in [-0.05, 0) is 22.9 Å². The number of nitrogens with one attached hydrogen (secondary N) is 2. The molecular weight excluding hydrogens is 352 g/mol. The van der Waals surface area contributed by atoms with E-state index in [2.05, 4.69) is 20.1 Å². The number of ether oxygens (including phenoxy) is 2. The fourth-order valence-corrected chi connectivity index (χ4v) is 3.53. The van der Waals surface area contributed by atoms with Crippen LogP contribution < -0.4 is 10.6 Å². The number of rotatable bonds is 6. The van der Waals surface area contributed by atoms with E-state index in [1.807, 2.05) is 0 Å². The van der Waals surface area contributed by atoms with Crippen molar-refractivity contribution in [1.82, 2.24) is 10.6 Å². The van der Waals surface area contributed by atoms with Gasteiger partial charge in [0.1, 0.15) is 0 Å². The lowest BCUT2D eigenvalue weighted by molar-refractivity contribution is 0.0591. The Morgan fingerprint density at radius 2 is 1.29 bits per heavy atom. The van der Waals surface area contributed by atoms with Crippen molar-refractivity contribution in [2.45, 2.75) is 13.1 Å². The summed E-state index contributed by atoms with van der Waals surface area (Å²) in [4.78, 5) is 36.4. The molecule has 0 aliphatic carbocycles. The van der Waals surface area contributed by atoms with Gasteiger partial charge in [0.2, 0.25) is 0 Å². The second-order valence-electron chi connectivity index (χ2n) is 4.53. The summed E-state index contributed by atoms with van der Waals surface area (Å²) < 4.78 is 9.36. The van der Waals surface area contributed by atoms with Crippen LogP contribution in [0.5, 0.6) is 0 Å². The van der Waals surface area contributed by atoms with Crippen LogP contribution >= 0.6 is 22.7 Å². The molecule has 2 aromatic rings. The molecule has 0 radical (unpaired) electrons. The lowest BCUT2D eigenvalue weighted by Crippen LogP contribution is -2.34. The average molecular weight is 368 g/mol. The van der Waals surface area contributed by atoms with Gasteiger partial charge in [0, 0.05) is 9.75 Å². The average Bonchev–Trinajstić information content (AvgIpc) is 3.25. The topological polar surface area (TPSA) is 93.7 Å². The molecule has 7 nitrogen and oxygen atoms in total. The van der Waals surface area contributed by atoms with Crippen LogP contribution in [0, 0.1) is 0 Å². The summed E-state index contributed by atoms with van der Waals surface area (Å²) >= 11 is 2.72. The minimum Gasteiger partial charge on any atom is -0.465 e. The Morgan fingerprint density at radius 1 is 0.875 bits per heavy atom. The van der Waals surface area contributed by atoms with Gasteiger partial charge in [0.05, 0.1) is 38.4 Å². The Labute approximate surface area is 146 Å². The number of urea groups is 1. The van der Waals surface area contributed by atoms with Crippen molar-refractivity contribution in [2.75, 3.05) is 14.2 Å². The fourth-order valence-electron chi connectivity index (χ4n) is 1.92. The van der Waals surface area contributed by atoms with E-state index in [9.17, 15) is 14.4 Å². The monoisotopic (exact) mass is 368 g/mol. The van der Waals surface area contributed by atoms with Crippen LogP contribution in [0.1, 0.15) is 30.5 Å². The Bertz CT molecular complexity index is 678. The van der Waals surface area contributed by atoms with Crippen LogP contribution in [0.2, 0.25) is 0 Å². The summed E-state index contributed by atoms with van der Waals surface area (Å²) in [5, 5.41) is 8.86. The van der Waals surface area contributed by atoms with Gasteiger partial charge in [0.25, 0.3) is 0 Å². The van der Waals surface area contributed by atoms with Crippen molar-refractivity contribution >= 4 is 40.6 Å². The number of methoxy groups -OCH3 is 2. The third-order valence-electron chi connectivity index (χ3n) is 3.12. The number of thiophene rings is 2. The molecule has 0 atom stereocenters. The highest BCUT2D eigenvalue weighted by Crippen LogP contribution is 2.18. The number of carbonyl (C=O) groups excluding carboxylic acids is 3. The molecule has 0 spiro atoms. The highest BCUT2D eigenvalue weighted by atomic mass is 32.1. The molecule has 9 heteroatoms. The number of carbonyl (C=O) groups is 3. The third kappa shape index (κ3) is 4.33. The molecule has 0 unspecified atom stereocenters. The van der Waals surface area contributed by atoms with Gasteiger partial charge in [0.15, 0.2) is 0 Å². The second kappa shape index (κ2) is 8.46. The normalized spacial score (nSPS) is 10.1. The molecule has 0 aliphatic heterocycles. The van der Waals surface area contributed by atoms with Crippen molar-refractivity contribution in [3.05, 3.63) is 43.8 Å². The predicted octanol–water partition coefficient (Wildman–Crippen LogP) is 2.38. The molecule has 2 rings (SSSR count). The predicted molar refractivity (Wildman–Crippen MR) is 90.4 cm³/mol. The molecule has 2 aromatic heterocycles. The summed E-state index contributed by atoms with van der Waals surface area (Å²) in [7, 11) is 2.62. The molecule has 0 aliphatic rings. The summed E-state index contributed by atoms with van der Waals surface area (Å²) in [5.74, 6) is -0.871. The van der Waals surface area contributed by atoms with Crippen molar-refractivity contribution < 1.29 is 23.9 Å². The molecule has 0 aromatic carbocycles. The third-order valence-corrected chi connectivity index (χ3v) is 4.96. The van der Waals surface area contributed by atoms with Gasteiger partial charge in [-0.1, -0.05) is 0 Å². The largest absolute Gasteiger partial charge is 0.465 e. The van der Waals surface area contributed by atoms with E-state index >= 15 is 0 Å². The summed E-state index contributed by atoms with van der Waals surface area (Å²) in [5.41, 5.74) is 0.878. The van der Waals surface area contributed by atoms with Gasteiger partial charge < -0.3 is 20.1 Å². The summed E-state index contributed by atoms with van der Waals surface area (Å²) in [6.07, 6.45) is 0. The minimum absolute atomic E-state index is 0.211. The first-order valence-corrected chi connectivity index (χ1v) is 8.63. The van der Waals surface area contributed by atoms with Crippen LogP contribution in [0.25, 0.3) is 0 Å². The number of amides is 2. The van der Waals surface area contributed by atoms with E-state index in [-0.39, 0.29) is 13.1 Å². The van der Waals surface area contributed by atoms with Crippen LogP contribution in [0.4, 0.5) is 4.79 Å². The van der Waals surface area contributed by atoms with Crippen LogP contribution in [0.15, 0.2) is 22.9 Å². The van der Waals surface area contributed by atoms with Gasteiger partial charge >= 0.3 is 18.0 Å². The highest BCUT2D eigenvalue weighted by Gasteiger charge is 2.15. The van der Waals surface area contributed by atoms with Gasteiger partial charge in [-0.3, -0.25) is 0 Å². The van der Waals surface area contributed by atoms with Crippen molar-refractivity contribution in [3.63, 3.8) is 0 Å². The quantitative estimate of drug-likeness (QED) is 0.764. The van der Waals surface area contributed by atoms with Crippen molar-refractivity contribution in [3.8, 4) is 0 Å². The minimum atomic E-state index is -0.435. The number of hydrogen-bond donors (Lipinski definition) is 2. The first-order valence-electron chi connectivity index (χ1n) is 6.88. The summed E-state index contributed by atoms with van der Waals surface area (Å²) in [6, 6.07) is 2.91. The van der Waals surface area contributed by atoms with Crippen LogP contribution in [-0.4, -0.2) is 32.2 Å². The van der Waals surface area contributed by atoms with E-state index in [4.69, 9.17) is 0 Å².